The molecule has 12 nitrogen and oxygen atoms in total. The fourth-order valence-electron chi connectivity index (χ4n) is 5.66. The van der Waals surface area contributed by atoms with Crippen LogP contribution >= 0.6 is 0 Å². The van der Waals surface area contributed by atoms with Gasteiger partial charge in [0.1, 0.15) is 5.82 Å². The highest BCUT2D eigenvalue weighted by molar-refractivity contribution is 5.89. The summed E-state index contributed by atoms with van der Waals surface area (Å²) in [6, 6.07) is 9.16. The number of aliphatic hydroxyl groups excluding tert-OH is 1. The van der Waals surface area contributed by atoms with Crippen molar-refractivity contribution in [1.29, 1.82) is 0 Å². The van der Waals surface area contributed by atoms with Crippen LogP contribution in [0.1, 0.15) is 19.4 Å². The Hall–Kier alpha value is -3.32. The summed E-state index contributed by atoms with van der Waals surface area (Å²) in [5, 5.41) is 12.4. The van der Waals surface area contributed by atoms with E-state index in [2.05, 4.69) is 15.2 Å². The van der Waals surface area contributed by atoms with Gasteiger partial charge in [-0.25, -0.2) is 9.59 Å². The first-order valence-corrected chi connectivity index (χ1v) is 13.0. The van der Waals surface area contributed by atoms with Crippen LogP contribution in [0.2, 0.25) is 0 Å². The van der Waals surface area contributed by atoms with Crippen LogP contribution in [0.4, 0.5) is 10.6 Å². The second-order valence-electron chi connectivity index (χ2n) is 11.1. The number of nitrogens with one attached hydrogen (secondary N) is 1. The third-order valence-electron chi connectivity index (χ3n) is 7.88. The van der Waals surface area contributed by atoms with Crippen molar-refractivity contribution >= 4 is 17.8 Å². The van der Waals surface area contributed by atoms with Gasteiger partial charge in [0.15, 0.2) is 0 Å². The number of aromatic nitrogens is 2. The second kappa shape index (κ2) is 10.1. The Labute approximate surface area is 221 Å². The molecular formula is C26H36N8O4. The monoisotopic (exact) mass is 524 g/mol. The summed E-state index contributed by atoms with van der Waals surface area (Å²) in [6.45, 7) is 6.57. The number of urea groups is 1. The van der Waals surface area contributed by atoms with Crippen LogP contribution in [-0.4, -0.2) is 98.2 Å². The number of benzene rings is 1. The Bertz CT molecular complexity index is 1250. The summed E-state index contributed by atoms with van der Waals surface area (Å²) in [7, 11) is 0. The molecule has 0 radical (unpaired) electrons. The predicted molar refractivity (Wildman–Crippen MR) is 142 cm³/mol. The smallest absolute Gasteiger partial charge is 0.354 e. The predicted octanol–water partition coefficient (Wildman–Crippen LogP) is -0.604. The molecule has 3 amide bonds. The molecule has 38 heavy (non-hydrogen) atoms. The zero-order valence-electron chi connectivity index (χ0n) is 21.8. The minimum absolute atomic E-state index is 0.105. The SMILES string of the molecule is CC(C)(N)C(=O)N1CCN(C(=O)Nc2ccn(-c3ccc(CN4C[C@@H]5[C@@H](N)[C@@H]5C4CO)cc3)c(=O)n2)CC1. The van der Waals surface area contributed by atoms with Gasteiger partial charge in [-0.1, -0.05) is 12.1 Å². The topological polar surface area (TPSA) is 163 Å². The maximum atomic E-state index is 12.7. The molecule has 0 bridgehead atoms. The number of aliphatic hydroxyl groups is 1. The average Bonchev–Trinajstić information content (AvgIpc) is 3.35. The van der Waals surface area contributed by atoms with Gasteiger partial charge in [-0.3, -0.25) is 19.6 Å². The molecule has 5 rings (SSSR count). The Morgan fingerprint density at radius 3 is 2.37 bits per heavy atom. The van der Waals surface area contributed by atoms with E-state index in [4.69, 9.17) is 11.5 Å². The van der Waals surface area contributed by atoms with Crippen molar-refractivity contribution in [3.05, 3.63) is 52.6 Å². The molecule has 3 heterocycles. The van der Waals surface area contributed by atoms with Crippen molar-refractivity contribution in [2.75, 3.05) is 44.6 Å². The molecule has 3 fully saturated rings. The molecule has 6 N–H and O–H groups in total. The lowest BCUT2D eigenvalue weighted by atomic mass is 10.1. The maximum absolute atomic E-state index is 12.7. The van der Waals surface area contributed by atoms with Gasteiger partial charge in [-0.15, -0.1) is 0 Å². The van der Waals surface area contributed by atoms with E-state index in [-0.39, 0.29) is 36.4 Å². The standard InChI is InChI=1S/C26H36N8O4/c1-26(2,28)23(36)31-9-11-32(12-10-31)24(37)29-20-7-8-34(25(38)30-20)17-5-3-16(4-6-17)13-33-14-18-21(22(18)27)19(33)15-35/h3-8,18-19,21-22,35H,9-15,27-28H2,1-2H3,(H,29,30,37,38)/t18-,19?,21-,22+/m0/s1. The lowest BCUT2D eigenvalue weighted by molar-refractivity contribution is -0.137. The van der Waals surface area contributed by atoms with E-state index in [0.717, 1.165) is 18.7 Å². The number of amides is 3. The van der Waals surface area contributed by atoms with E-state index in [9.17, 15) is 19.5 Å². The number of carbonyl (C=O) groups is 2. The Balaban J connectivity index is 1.16. The quantitative estimate of drug-likeness (QED) is 0.389. The number of nitrogens with zero attached hydrogens (tertiary/aromatic N) is 5. The number of nitrogens with two attached hydrogens (primary N) is 2. The maximum Gasteiger partial charge on any atom is 0.354 e. The molecule has 2 aromatic rings. The van der Waals surface area contributed by atoms with Crippen LogP contribution < -0.4 is 22.5 Å². The van der Waals surface area contributed by atoms with Gasteiger partial charge in [0, 0.05) is 57.5 Å². The largest absolute Gasteiger partial charge is 0.395 e. The Morgan fingerprint density at radius 1 is 1.11 bits per heavy atom. The molecule has 1 aromatic heterocycles. The van der Waals surface area contributed by atoms with Gasteiger partial charge in [0.2, 0.25) is 5.91 Å². The van der Waals surface area contributed by atoms with Gasteiger partial charge in [-0.05, 0) is 49.4 Å². The fourth-order valence-corrected chi connectivity index (χ4v) is 5.66. The van der Waals surface area contributed by atoms with Crippen LogP contribution in [0.5, 0.6) is 0 Å². The molecule has 3 aliphatic rings. The van der Waals surface area contributed by atoms with E-state index in [1.807, 2.05) is 24.3 Å². The molecule has 1 aromatic carbocycles. The average molecular weight is 525 g/mol. The van der Waals surface area contributed by atoms with Crippen molar-refractivity contribution in [1.82, 2.24) is 24.3 Å². The van der Waals surface area contributed by atoms with Gasteiger partial charge in [0.25, 0.3) is 0 Å². The molecule has 1 saturated carbocycles. The highest BCUT2D eigenvalue weighted by Crippen LogP contribution is 2.48. The molecule has 0 spiro atoms. The lowest BCUT2D eigenvalue weighted by Crippen LogP contribution is -2.58. The first-order valence-electron chi connectivity index (χ1n) is 13.0. The molecule has 12 heteroatoms. The summed E-state index contributed by atoms with van der Waals surface area (Å²) in [4.78, 5) is 47.3. The second-order valence-corrected chi connectivity index (χ2v) is 11.1. The number of piperidine rings is 1. The minimum Gasteiger partial charge on any atom is -0.395 e. The molecule has 4 atom stereocenters. The number of hydrogen-bond donors (Lipinski definition) is 4. The summed E-state index contributed by atoms with van der Waals surface area (Å²) in [5.74, 6) is 0.880. The highest BCUT2D eigenvalue weighted by atomic mass is 16.3. The van der Waals surface area contributed by atoms with E-state index < -0.39 is 11.2 Å². The molecule has 1 aliphatic carbocycles. The van der Waals surface area contributed by atoms with E-state index in [0.29, 0.717) is 43.7 Å². The van der Waals surface area contributed by atoms with E-state index in [1.54, 1.807) is 35.9 Å². The van der Waals surface area contributed by atoms with Crippen molar-refractivity contribution < 1.29 is 14.7 Å². The van der Waals surface area contributed by atoms with Gasteiger partial charge in [0.05, 0.1) is 17.8 Å². The molecule has 2 aliphatic heterocycles. The summed E-state index contributed by atoms with van der Waals surface area (Å²) in [6.07, 6.45) is 1.58. The molecule has 2 saturated heterocycles. The van der Waals surface area contributed by atoms with Gasteiger partial charge < -0.3 is 26.4 Å². The lowest BCUT2D eigenvalue weighted by Gasteiger charge is -2.37. The molecular weight excluding hydrogens is 488 g/mol. The van der Waals surface area contributed by atoms with Crippen LogP contribution in [0, 0.1) is 11.8 Å². The third kappa shape index (κ3) is 5.17. The number of fused-ring (bicyclic) bond motifs is 1. The van der Waals surface area contributed by atoms with Gasteiger partial charge >= 0.3 is 11.7 Å². The number of rotatable bonds is 6. The van der Waals surface area contributed by atoms with Crippen LogP contribution in [-0.2, 0) is 11.3 Å². The summed E-state index contributed by atoms with van der Waals surface area (Å²) in [5.41, 5.74) is 12.3. The van der Waals surface area contributed by atoms with Crippen molar-refractivity contribution in [2.45, 2.75) is 38.0 Å². The normalized spacial score (nSPS) is 25.3. The zero-order valence-corrected chi connectivity index (χ0v) is 21.8. The van der Waals surface area contributed by atoms with E-state index >= 15 is 0 Å². The Morgan fingerprint density at radius 2 is 1.76 bits per heavy atom. The number of piperazine rings is 1. The summed E-state index contributed by atoms with van der Waals surface area (Å²) >= 11 is 0. The fraction of sp³-hybridized carbons (Fsp3) is 0.538. The van der Waals surface area contributed by atoms with Crippen molar-refractivity contribution in [3.8, 4) is 5.69 Å². The van der Waals surface area contributed by atoms with Crippen LogP contribution in [0.15, 0.2) is 41.3 Å². The van der Waals surface area contributed by atoms with E-state index in [1.165, 1.54) is 4.57 Å². The molecule has 1 unspecified atom stereocenters. The minimum atomic E-state index is -0.954. The van der Waals surface area contributed by atoms with Crippen molar-refractivity contribution in [3.63, 3.8) is 0 Å². The van der Waals surface area contributed by atoms with Crippen molar-refractivity contribution in [2.24, 2.45) is 23.3 Å². The van der Waals surface area contributed by atoms with Crippen LogP contribution in [0.3, 0.4) is 0 Å². The first-order chi connectivity index (χ1) is 18.1. The number of anilines is 1. The number of hydrogen-bond acceptors (Lipinski definition) is 8. The van der Waals surface area contributed by atoms with Crippen LogP contribution in [0.25, 0.3) is 5.69 Å². The highest BCUT2D eigenvalue weighted by Gasteiger charge is 2.58. The number of likely N-dealkylation sites (tertiary alicyclic amines) is 1. The third-order valence-corrected chi connectivity index (χ3v) is 7.88. The summed E-state index contributed by atoms with van der Waals surface area (Å²) < 4.78 is 1.42. The molecule has 204 valence electrons. The first kappa shape index (κ1) is 26.3. The zero-order chi connectivity index (χ0) is 27.2. The van der Waals surface area contributed by atoms with Gasteiger partial charge in [-0.2, -0.15) is 4.98 Å². The number of carbonyl (C=O) groups excluding carboxylic acids is 2. The Kier molecular flexibility index (Phi) is 6.99.